The average molecular weight is 317 g/mol. The van der Waals surface area contributed by atoms with Crippen molar-refractivity contribution < 1.29 is 0 Å². The highest BCUT2D eigenvalue weighted by molar-refractivity contribution is 9.10. The molecule has 1 unspecified atom stereocenters. The molecule has 2 rings (SSSR count). The molecule has 0 spiro atoms. The summed E-state index contributed by atoms with van der Waals surface area (Å²) in [5.41, 5.74) is 1.39. The molecule has 1 atom stereocenters. The fourth-order valence-electron chi connectivity index (χ4n) is 2.56. The lowest BCUT2D eigenvalue weighted by atomic mass is 9.73. The van der Waals surface area contributed by atoms with Crippen LogP contribution in [0.4, 0.5) is 5.69 Å². The number of nitrogens with one attached hydrogen (secondary N) is 1. The summed E-state index contributed by atoms with van der Waals surface area (Å²) in [6.07, 6.45) is 5.18. The first-order valence-electron chi connectivity index (χ1n) is 6.21. The van der Waals surface area contributed by atoms with Crippen LogP contribution in [0.25, 0.3) is 0 Å². The molecule has 1 aromatic rings. The van der Waals surface area contributed by atoms with Crippen LogP contribution in [0.1, 0.15) is 39.5 Å². The van der Waals surface area contributed by atoms with Crippen LogP contribution < -0.4 is 5.32 Å². The first kappa shape index (κ1) is 13.2. The van der Waals surface area contributed by atoms with Gasteiger partial charge in [0.2, 0.25) is 0 Å². The third-order valence-electron chi connectivity index (χ3n) is 3.77. The Morgan fingerprint density at radius 2 is 2.12 bits per heavy atom. The Morgan fingerprint density at radius 3 is 2.82 bits per heavy atom. The van der Waals surface area contributed by atoms with Crippen molar-refractivity contribution >= 4 is 33.2 Å². The number of anilines is 1. The summed E-state index contributed by atoms with van der Waals surface area (Å²) in [6.45, 7) is 4.69. The molecule has 1 fully saturated rings. The molecule has 1 N–H and O–H groups in total. The van der Waals surface area contributed by atoms with Gasteiger partial charge in [0, 0.05) is 10.5 Å². The van der Waals surface area contributed by atoms with Gasteiger partial charge in [0.1, 0.15) is 0 Å². The average Bonchev–Trinajstić information content (AvgIpc) is 2.26. The Hall–Kier alpha value is -0.210. The van der Waals surface area contributed by atoms with Crippen LogP contribution in [-0.2, 0) is 0 Å². The van der Waals surface area contributed by atoms with E-state index in [1.807, 2.05) is 12.1 Å². The normalized spacial score (nSPS) is 23.4. The first-order valence-corrected chi connectivity index (χ1v) is 7.38. The maximum Gasteiger partial charge on any atom is 0.0638 e. The third-order valence-corrected chi connectivity index (χ3v) is 4.59. The second-order valence-electron chi connectivity index (χ2n) is 5.56. The van der Waals surface area contributed by atoms with Gasteiger partial charge in [-0.25, -0.2) is 0 Å². The molecule has 3 heteroatoms. The van der Waals surface area contributed by atoms with E-state index in [1.165, 1.54) is 25.7 Å². The van der Waals surface area contributed by atoms with Crippen molar-refractivity contribution in [2.75, 3.05) is 5.32 Å². The van der Waals surface area contributed by atoms with Crippen molar-refractivity contribution in [3.8, 4) is 0 Å². The van der Waals surface area contributed by atoms with E-state index in [1.54, 1.807) is 0 Å². The van der Waals surface area contributed by atoms with E-state index in [2.05, 4.69) is 41.2 Å². The van der Waals surface area contributed by atoms with Crippen LogP contribution in [0.3, 0.4) is 0 Å². The smallest absolute Gasteiger partial charge is 0.0638 e. The summed E-state index contributed by atoms with van der Waals surface area (Å²) in [5.74, 6) is 0. The minimum Gasteiger partial charge on any atom is -0.381 e. The summed E-state index contributed by atoms with van der Waals surface area (Å²) < 4.78 is 1.07. The molecule has 0 amide bonds. The number of benzene rings is 1. The molecule has 17 heavy (non-hydrogen) atoms. The highest BCUT2D eigenvalue weighted by Crippen LogP contribution is 2.38. The van der Waals surface area contributed by atoms with Gasteiger partial charge in [0.05, 0.1) is 10.7 Å². The molecule has 1 aliphatic rings. The van der Waals surface area contributed by atoms with Crippen molar-refractivity contribution in [1.29, 1.82) is 0 Å². The molecule has 1 aliphatic carbocycles. The molecule has 0 radical (unpaired) electrons. The fourth-order valence-corrected chi connectivity index (χ4v) is 3.09. The van der Waals surface area contributed by atoms with Crippen LogP contribution in [-0.4, -0.2) is 6.04 Å². The van der Waals surface area contributed by atoms with Gasteiger partial charge in [-0.05, 0) is 36.5 Å². The van der Waals surface area contributed by atoms with Crippen LogP contribution in [0.5, 0.6) is 0 Å². The van der Waals surface area contributed by atoms with E-state index in [0.29, 0.717) is 11.5 Å². The molecule has 1 saturated carbocycles. The van der Waals surface area contributed by atoms with Crippen molar-refractivity contribution in [1.82, 2.24) is 0 Å². The Labute approximate surface area is 117 Å². The largest absolute Gasteiger partial charge is 0.381 e. The number of hydrogen-bond acceptors (Lipinski definition) is 1. The van der Waals surface area contributed by atoms with Gasteiger partial charge in [-0.15, -0.1) is 0 Å². The van der Waals surface area contributed by atoms with Gasteiger partial charge in [-0.3, -0.25) is 0 Å². The Morgan fingerprint density at radius 1 is 1.35 bits per heavy atom. The summed E-state index contributed by atoms with van der Waals surface area (Å²) in [5, 5.41) is 4.42. The summed E-state index contributed by atoms with van der Waals surface area (Å²) >= 11 is 9.72. The summed E-state index contributed by atoms with van der Waals surface area (Å²) in [4.78, 5) is 0. The zero-order valence-electron chi connectivity index (χ0n) is 10.4. The Kier molecular flexibility index (Phi) is 4.04. The number of rotatable bonds is 2. The van der Waals surface area contributed by atoms with E-state index >= 15 is 0 Å². The minimum absolute atomic E-state index is 0.351. The van der Waals surface area contributed by atoms with E-state index < -0.39 is 0 Å². The van der Waals surface area contributed by atoms with E-state index in [9.17, 15) is 0 Å². The third kappa shape index (κ3) is 3.17. The quantitative estimate of drug-likeness (QED) is 0.761. The van der Waals surface area contributed by atoms with E-state index in [0.717, 1.165) is 15.2 Å². The van der Waals surface area contributed by atoms with Crippen LogP contribution >= 0.6 is 27.5 Å². The Bertz CT molecular complexity index is 403. The van der Waals surface area contributed by atoms with Gasteiger partial charge in [-0.1, -0.05) is 54.2 Å². The molecule has 1 aromatic carbocycles. The monoisotopic (exact) mass is 315 g/mol. The van der Waals surface area contributed by atoms with Gasteiger partial charge < -0.3 is 5.32 Å². The molecule has 0 heterocycles. The topological polar surface area (TPSA) is 12.0 Å². The SMILES string of the molecule is CC1(C)CCCCC1Nc1cc(Br)ccc1Cl. The molecular formula is C14H19BrClN. The van der Waals surface area contributed by atoms with Crippen LogP contribution in [0, 0.1) is 5.41 Å². The predicted octanol–water partition coefficient (Wildman–Crippen LogP) is 5.48. The first-order chi connectivity index (χ1) is 7.99. The second-order valence-corrected chi connectivity index (χ2v) is 6.88. The number of hydrogen-bond donors (Lipinski definition) is 1. The summed E-state index contributed by atoms with van der Waals surface area (Å²) in [7, 11) is 0. The van der Waals surface area contributed by atoms with Gasteiger partial charge >= 0.3 is 0 Å². The Balaban J connectivity index is 2.16. The molecule has 0 aliphatic heterocycles. The number of halogens is 2. The van der Waals surface area contributed by atoms with Gasteiger partial charge in [-0.2, -0.15) is 0 Å². The lowest BCUT2D eigenvalue weighted by molar-refractivity contribution is 0.217. The van der Waals surface area contributed by atoms with E-state index in [-0.39, 0.29) is 0 Å². The lowest BCUT2D eigenvalue weighted by Crippen LogP contribution is -2.38. The maximum atomic E-state index is 6.23. The van der Waals surface area contributed by atoms with E-state index in [4.69, 9.17) is 11.6 Å². The molecule has 1 nitrogen and oxygen atoms in total. The van der Waals surface area contributed by atoms with Crippen molar-refractivity contribution in [2.24, 2.45) is 5.41 Å². The molecule has 0 bridgehead atoms. The second kappa shape index (κ2) is 5.19. The van der Waals surface area contributed by atoms with Crippen LogP contribution in [0.2, 0.25) is 5.02 Å². The zero-order chi connectivity index (χ0) is 12.5. The van der Waals surface area contributed by atoms with Crippen molar-refractivity contribution in [2.45, 2.75) is 45.6 Å². The molecular weight excluding hydrogens is 298 g/mol. The fraction of sp³-hybridized carbons (Fsp3) is 0.571. The molecule has 94 valence electrons. The summed E-state index contributed by atoms with van der Waals surface area (Å²) in [6, 6.07) is 6.49. The van der Waals surface area contributed by atoms with Crippen LogP contribution in [0.15, 0.2) is 22.7 Å². The van der Waals surface area contributed by atoms with Crippen molar-refractivity contribution in [3.05, 3.63) is 27.7 Å². The lowest BCUT2D eigenvalue weighted by Gasteiger charge is -2.39. The zero-order valence-corrected chi connectivity index (χ0v) is 12.7. The molecule has 0 saturated heterocycles. The minimum atomic E-state index is 0.351. The van der Waals surface area contributed by atoms with Gasteiger partial charge in [0.25, 0.3) is 0 Å². The van der Waals surface area contributed by atoms with Gasteiger partial charge in [0.15, 0.2) is 0 Å². The highest BCUT2D eigenvalue weighted by Gasteiger charge is 2.32. The van der Waals surface area contributed by atoms with Crippen molar-refractivity contribution in [3.63, 3.8) is 0 Å². The highest BCUT2D eigenvalue weighted by atomic mass is 79.9. The molecule has 0 aromatic heterocycles. The predicted molar refractivity (Wildman–Crippen MR) is 78.8 cm³/mol. The standard InChI is InChI=1S/C14H19BrClN/c1-14(2)8-4-3-5-13(14)17-12-9-10(15)6-7-11(12)16/h6-7,9,13,17H,3-5,8H2,1-2H3. The maximum absolute atomic E-state index is 6.23.